The molecule has 0 bridgehead atoms. The zero-order valence-electron chi connectivity index (χ0n) is 9.38. The maximum atomic E-state index is 11.5. The third-order valence-electron chi connectivity index (χ3n) is 2.71. The predicted octanol–water partition coefficient (Wildman–Crippen LogP) is 1.47. The van der Waals surface area contributed by atoms with Crippen LogP contribution in [0.25, 0.3) is 16.9 Å². The van der Waals surface area contributed by atoms with Crippen LogP contribution in [0.3, 0.4) is 0 Å². The summed E-state index contributed by atoms with van der Waals surface area (Å²) in [5, 5.41) is 8.41. The van der Waals surface area contributed by atoms with E-state index in [4.69, 9.17) is 11.6 Å². The molecule has 0 saturated heterocycles. The molecule has 90 valence electrons. The molecule has 0 amide bonds. The van der Waals surface area contributed by atoms with Crippen LogP contribution in [0.5, 0.6) is 0 Å². The second-order valence-electron chi connectivity index (χ2n) is 3.79. The predicted molar refractivity (Wildman–Crippen MR) is 67.0 cm³/mol. The van der Waals surface area contributed by atoms with Gasteiger partial charge in [0.15, 0.2) is 11.2 Å². The topological polar surface area (TPSA) is 76.5 Å². The lowest BCUT2D eigenvalue weighted by atomic mass is 10.2. The van der Waals surface area contributed by atoms with Crippen LogP contribution in [0.1, 0.15) is 5.56 Å². The normalized spacial score (nSPS) is 11.0. The Morgan fingerprint density at radius 2 is 2.22 bits per heavy atom. The van der Waals surface area contributed by atoms with Crippen molar-refractivity contribution in [3.63, 3.8) is 0 Å². The molecule has 0 spiro atoms. The quantitative estimate of drug-likeness (QED) is 0.720. The summed E-state index contributed by atoms with van der Waals surface area (Å²) in [5.74, 6) is 0. The average Bonchev–Trinajstić information content (AvgIpc) is 2.78. The van der Waals surface area contributed by atoms with Crippen molar-refractivity contribution in [3.05, 3.63) is 45.5 Å². The lowest BCUT2D eigenvalue weighted by Gasteiger charge is -2.06. The Bertz CT molecular complexity index is 791. The summed E-state index contributed by atoms with van der Waals surface area (Å²) in [5.41, 5.74) is 1.91. The van der Waals surface area contributed by atoms with Gasteiger partial charge in [0.2, 0.25) is 0 Å². The number of rotatable bonds is 1. The van der Waals surface area contributed by atoms with Crippen molar-refractivity contribution in [3.8, 4) is 5.69 Å². The SMILES string of the molecule is Cc1c(Cl)cccc1-n1nnc2c(=O)[nH]cnc21. The van der Waals surface area contributed by atoms with Gasteiger partial charge in [-0.25, -0.2) is 4.98 Å². The summed E-state index contributed by atoms with van der Waals surface area (Å²) < 4.78 is 1.51. The fraction of sp³-hybridized carbons (Fsp3) is 0.0909. The van der Waals surface area contributed by atoms with Gasteiger partial charge in [0.1, 0.15) is 0 Å². The van der Waals surface area contributed by atoms with E-state index < -0.39 is 0 Å². The van der Waals surface area contributed by atoms with Crippen LogP contribution in [0.2, 0.25) is 5.02 Å². The molecule has 0 saturated carbocycles. The number of hydrogen-bond donors (Lipinski definition) is 1. The lowest BCUT2D eigenvalue weighted by molar-refractivity contribution is 0.812. The fourth-order valence-corrected chi connectivity index (χ4v) is 1.92. The van der Waals surface area contributed by atoms with Gasteiger partial charge < -0.3 is 4.98 Å². The maximum Gasteiger partial charge on any atom is 0.280 e. The Balaban J connectivity index is 2.36. The zero-order valence-corrected chi connectivity index (χ0v) is 10.1. The third-order valence-corrected chi connectivity index (χ3v) is 3.12. The van der Waals surface area contributed by atoms with Crippen molar-refractivity contribution in [1.29, 1.82) is 0 Å². The van der Waals surface area contributed by atoms with Crippen LogP contribution in [-0.4, -0.2) is 25.0 Å². The highest BCUT2D eigenvalue weighted by Crippen LogP contribution is 2.22. The van der Waals surface area contributed by atoms with Crippen molar-refractivity contribution in [2.75, 3.05) is 0 Å². The van der Waals surface area contributed by atoms with Gasteiger partial charge in [0.05, 0.1) is 12.0 Å². The molecule has 2 heterocycles. The molecule has 1 N–H and O–H groups in total. The van der Waals surface area contributed by atoms with Crippen LogP contribution in [0, 0.1) is 6.92 Å². The first-order valence-corrected chi connectivity index (χ1v) is 5.61. The molecule has 2 aromatic heterocycles. The summed E-state index contributed by atoms with van der Waals surface area (Å²) in [6, 6.07) is 5.45. The maximum absolute atomic E-state index is 11.5. The van der Waals surface area contributed by atoms with E-state index in [0.29, 0.717) is 10.7 Å². The molecule has 0 atom stereocenters. The number of fused-ring (bicyclic) bond motifs is 1. The number of hydrogen-bond acceptors (Lipinski definition) is 4. The van der Waals surface area contributed by atoms with E-state index in [0.717, 1.165) is 11.3 Å². The molecule has 0 unspecified atom stereocenters. The van der Waals surface area contributed by atoms with Gasteiger partial charge in [-0.1, -0.05) is 22.9 Å². The van der Waals surface area contributed by atoms with Gasteiger partial charge in [-0.2, -0.15) is 4.68 Å². The van der Waals surface area contributed by atoms with Gasteiger partial charge in [-0.3, -0.25) is 4.79 Å². The van der Waals surface area contributed by atoms with E-state index in [1.807, 2.05) is 19.1 Å². The molecule has 3 rings (SSSR count). The summed E-state index contributed by atoms with van der Waals surface area (Å²) in [6.07, 6.45) is 1.32. The van der Waals surface area contributed by atoms with Gasteiger partial charge in [-0.15, -0.1) is 5.10 Å². The highest BCUT2D eigenvalue weighted by atomic mass is 35.5. The molecule has 0 fully saturated rings. The number of nitrogens with zero attached hydrogens (tertiary/aromatic N) is 4. The van der Waals surface area contributed by atoms with Gasteiger partial charge in [0.25, 0.3) is 5.56 Å². The monoisotopic (exact) mass is 261 g/mol. The molecule has 0 radical (unpaired) electrons. The number of aromatic amines is 1. The zero-order chi connectivity index (χ0) is 12.7. The molecule has 0 aliphatic heterocycles. The van der Waals surface area contributed by atoms with E-state index in [2.05, 4.69) is 20.3 Å². The smallest absolute Gasteiger partial charge is 0.280 e. The second-order valence-corrected chi connectivity index (χ2v) is 4.20. The minimum atomic E-state index is -0.314. The molecule has 7 heteroatoms. The summed E-state index contributed by atoms with van der Waals surface area (Å²) in [7, 11) is 0. The highest BCUT2D eigenvalue weighted by molar-refractivity contribution is 6.31. The van der Waals surface area contributed by atoms with E-state index in [9.17, 15) is 4.79 Å². The fourth-order valence-electron chi connectivity index (χ4n) is 1.75. The number of halogens is 1. The molecule has 3 aromatic rings. The number of benzene rings is 1. The molecule has 18 heavy (non-hydrogen) atoms. The van der Waals surface area contributed by atoms with E-state index in [1.54, 1.807) is 6.07 Å². The molecule has 0 aliphatic carbocycles. The summed E-state index contributed by atoms with van der Waals surface area (Å²) in [4.78, 5) is 18.1. The van der Waals surface area contributed by atoms with Crippen molar-refractivity contribution < 1.29 is 0 Å². The van der Waals surface area contributed by atoms with Crippen molar-refractivity contribution in [2.24, 2.45) is 0 Å². The number of aromatic nitrogens is 5. The summed E-state index contributed by atoms with van der Waals surface area (Å²) in [6.45, 7) is 1.87. The molecule has 6 nitrogen and oxygen atoms in total. The summed E-state index contributed by atoms with van der Waals surface area (Å²) >= 11 is 6.06. The lowest BCUT2D eigenvalue weighted by Crippen LogP contribution is -2.07. The minimum Gasteiger partial charge on any atom is -0.311 e. The van der Waals surface area contributed by atoms with E-state index >= 15 is 0 Å². The van der Waals surface area contributed by atoms with Crippen molar-refractivity contribution >= 4 is 22.8 Å². The van der Waals surface area contributed by atoms with Crippen LogP contribution in [-0.2, 0) is 0 Å². The Morgan fingerprint density at radius 1 is 1.39 bits per heavy atom. The minimum absolute atomic E-state index is 0.205. The second kappa shape index (κ2) is 3.92. The first-order valence-electron chi connectivity index (χ1n) is 5.23. The van der Waals surface area contributed by atoms with Crippen LogP contribution < -0.4 is 5.56 Å². The van der Waals surface area contributed by atoms with Crippen LogP contribution in [0.15, 0.2) is 29.3 Å². The largest absolute Gasteiger partial charge is 0.311 e. The van der Waals surface area contributed by atoms with Gasteiger partial charge >= 0.3 is 0 Å². The Hall–Kier alpha value is -2.21. The van der Waals surface area contributed by atoms with E-state index in [1.165, 1.54) is 11.0 Å². The average molecular weight is 262 g/mol. The molecule has 1 aromatic carbocycles. The van der Waals surface area contributed by atoms with Gasteiger partial charge in [0, 0.05) is 5.02 Å². The molecular formula is C11H8ClN5O. The Morgan fingerprint density at radius 3 is 3.06 bits per heavy atom. The standard InChI is InChI=1S/C11H8ClN5O/c1-6-7(12)3-2-4-8(6)17-10-9(15-16-17)11(18)14-5-13-10/h2-5H,1H3,(H,13,14,18). The highest BCUT2D eigenvalue weighted by Gasteiger charge is 2.13. The van der Waals surface area contributed by atoms with Crippen LogP contribution in [0.4, 0.5) is 0 Å². The van der Waals surface area contributed by atoms with Gasteiger partial charge in [-0.05, 0) is 24.6 Å². The van der Waals surface area contributed by atoms with E-state index in [-0.39, 0.29) is 11.1 Å². The number of nitrogens with one attached hydrogen (secondary N) is 1. The molecule has 0 aliphatic rings. The van der Waals surface area contributed by atoms with Crippen molar-refractivity contribution in [2.45, 2.75) is 6.92 Å². The Labute approximate surface area is 106 Å². The number of H-pyrrole nitrogens is 1. The van der Waals surface area contributed by atoms with Crippen LogP contribution >= 0.6 is 11.6 Å². The first kappa shape index (κ1) is 10.9. The first-order chi connectivity index (χ1) is 8.68. The van der Waals surface area contributed by atoms with Crippen molar-refractivity contribution in [1.82, 2.24) is 25.0 Å². The Kier molecular flexibility index (Phi) is 2.38. The third kappa shape index (κ3) is 1.50. The molecular weight excluding hydrogens is 254 g/mol.